The van der Waals surface area contributed by atoms with Crippen molar-refractivity contribution in [2.75, 3.05) is 0 Å². The van der Waals surface area contributed by atoms with E-state index in [1.165, 1.54) is 17.3 Å². The third kappa shape index (κ3) is 2.64. The summed E-state index contributed by atoms with van der Waals surface area (Å²) in [4.78, 5) is 1.06. The Morgan fingerprint density at radius 1 is 1.23 bits per heavy atom. The fraction of sp³-hybridized carbons (Fsp3) is 0.182. The zero-order valence-corrected chi connectivity index (χ0v) is 8.56. The zero-order valence-electron chi connectivity index (χ0n) is 7.74. The van der Waals surface area contributed by atoms with E-state index in [1.807, 2.05) is 44.2 Å². The molecule has 13 heavy (non-hydrogen) atoms. The number of thiocyanates is 1. The molecule has 0 fully saturated rings. The molecule has 1 nitrogen and oxygen atoms in total. The number of benzene rings is 1. The number of rotatable bonds is 2. The lowest BCUT2D eigenvalue weighted by atomic mass is 10.1. The van der Waals surface area contributed by atoms with Crippen LogP contribution in [0.15, 0.2) is 35.9 Å². The first-order valence-electron chi connectivity index (χ1n) is 4.04. The highest BCUT2D eigenvalue weighted by Crippen LogP contribution is 2.29. The molecular weight excluding hydrogens is 178 g/mol. The summed E-state index contributed by atoms with van der Waals surface area (Å²) in [6, 6.07) is 9.98. The Bertz CT molecular complexity index is 342. The molecule has 0 bridgehead atoms. The highest BCUT2D eigenvalue weighted by atomic mass is 32.2. The Balaban J connectivity index is 3.06. The molecule has 1 aromatic carbocycles. The van der Waals surface area contributed by atoms with Crippen molar-refractivity contribution in [1.29, 1.82) is 5.26 Å². The van der Waals surface area contributed by atoms with E-state index < -0.39 is 0 Å². The Morgan fingerprint density at radius 3 is 2.31 bits per heavy atom. The van der Waals surface area contributed by atoms with Crippen molar-refractivity contribution in [3.63, 3.8) is 0 Å². The van der Waals surface area contributed by atoms with E-state index in [0.29, 0.717) is 0 Å². The molecular formula is C11H11NS. The van der Waals surface area contributed by atoms with Crippen molar-refractivity contribution >= 4 is 16.7 Å². The highest BCUT2D eigenvalue weighted by Gasteiger charge is 2.02. The van der Waals surface area contributed by atoms with Crippen molar-refractivity contribution in [1.82, 2.24) is 0 Å². The van der Waals surface area contributed by atoms with Crippen LogP contribution in [0.1, 0.15) is 19.4 Å². The van der Waals surface area contributed by atoms with Gasteiger partial charge in [-0.15, -0.1) is 0 Å². The van der Waals surface area contributed by atoms with Crippen molar-refractivity contribution < 1.29 is 0 Å². The van der Waals surface area contributed by atoms with Gasteiger partial charge in [-0.25, -0.2) is 0 Å². The largest absolute Gasteiger partial charge is 0.185 e. The first kappa shape index (κ1) is 9.88. The fourth-order valence-corrected chi connectivity index (χ4v) is 1.63. The first-order chi connectivity index (χ1) is 6.25. The molecule has 0 aromatic heterocycles. The van der Waals surface area contributed by atoms with Gasteiger partial charge >= 0.3 is 0 Å². The number of hydrogen-bond acceptors (Lipinski definition) is 2. The smallest absolute Gasteiger partial charge is 0.138 e. The van der Waals surface area contributed by atoms with Crippen LogP contribution in [0.25, 0.3) is 4.91 Å². The minimum Gasteiger partial charge on any atom is -0.185 e. The van der Waals surface area contributed by atoms with Gasteiger partial charge in [0.2, 0.25) is 0 Å². The lowest BCUT2D eigenvalue weighted by Crippen LogP contribution is -1.80. The summed E-state index contributed by atoms with van der Waals surface area (Å²) in [6.07, 6.45) is 0. The maximum Gasteiger partial charge on any atom is 0.138 e. The molecule has 0 aliphatic rings. The van der Waals surface area contributed by atoms with Gasteiger partial charge in [0.05, 0.1) is 0 Å². The molecule has 0 amide bonds. The van der Waals surface area contributed by atoms with Gasteiger partial charge in [0.15, 0.2) is 0 Å². The molecule has 0 saturated carbocycles. The Kier molecular flexibility index (Phi) is 3.60. The van der Waals surface area contributed by atoms with Crippen molar-refractivity contribution in [3.05, 3.63) is 41.5 Å². The molecule has 0 aliphatic carbocycles. The molecule has 0 N–H and O–H groups in total. The van der Waals surface area contributed by atoms with E-state index in [1.54, 1.807) is 0 Å². The maximum atomic E-state index is 8.63. The second-order valence-corrected chi connectivity index (χ2v) is 3.68. The molecule has 0 heterocycles. The summed E-state index contributed by atoms with van der Waals surface area (Å²) in [5, 5.41) is 10.7. The molecule has 0 saturated heterocycles. The average Bonchev–Trinajstić information content (AvgIpc) is 2.15. The topological polar surface area (TPSA) is 23.8 Å². The van der Waals surface area contributed by atoms with Gasteiger partial charge in [-0.1, -0.05) is 35.9 Å². The average molecular weight is 189 g/mol. The van der Waals surface area contributed by atoms with Gasteiger partial charge in [0.1, 0.15) is 5.40 Å². The minimum absolute atomic E-state index is 1.06. The molecule has 0 unspecified atom stereocenters. The van der Waals surface area contributed by atoms with Crippen LogP contribution in [0, 0.1) is 10.7 Å². The summed E-state index contributed by atoms with van der Waals surface area (Å²) in [7, 11) is 0. The normalized spacial score (nSPS) is 9.00. The molecule has 0 radical (unpaired) electrons. The van der Waals surface area contributed by atoms with Gasteiger partial charge in [-0.3, -0.25) is 0 Å². The van der Waals surface area contributed by atoms with Gasteiger partial charge in [-0.05, 0) is 31.2 Å². The number of nitrogens with zero attached hydrogens (tertiary/aromatic N) is 1. The number of nitriles is 1. The first-order valence-corrected chi connectivity index (χ1v) is 4.86. The monoisotopic (exact) mass is 189 g/mol. The Labute approximate surface area is 83.1 Å². The summed E-state index contributed by atoms with van der Waals surface area (Å²) < 4.78 is 0. The number of allylic oxidation sites excluding steroid dienone is 1. The lowest BCUT2D eigenvalue weighted by Gasteiger charge is -2.04. The van der Waals surface area contributed by atoms with Crippen molar-refractivity contribution in [3.8, 4) is 5.40 Å². The molecule has 0 spiro atoms. The second kappa shape index (κ2) is 4.74. The summed E-state index contributed by atoms with van der Waals surface area (Å²) in [5.41, 5.74) is 2.30. The van der Waals surface area contributed by atoms with Crippen LogP contribution >= 0.6 is 11.8 Å². The van der Waals surface area contributed by atoms with Crippen LogP contribution in [-0.2, 0) is 0 Å². The van der Waals surface area contributed by atoms with E-state index in [4.69, 9.17) is 5.26 Å². The maximum absolute atomic E-state index is 8.63. The van der Waals surface area contributed by atoms with E-state index >= 15 is 0 Å². The number of thioether (sulfide) groups is 1. The molecule has 1 rings (SSSR count). The zero-order chi connectivity index (χ0) is 9.68. The van der Waals surface area contributed by atoms with Gasteiger partial charge < -0.3 is 0 Å². The highest BCUT2D eigenvalue weighted by molar-refractivity contribution is 8.12. The third-order valence-corrected chi connectivity index (χ3v) is 2.58. The SMILES string of the molecule is CC(C)=C(SC#N)c1ccccc1. The third-order valence-electron chi connectivity index (χ3n) is 1.64. The standard InChI is InChI=1S/C11H11NS/c1-9(2)11(13-8-12)10-6-4-3-5-7-10/h3-7H,1-2H3. The fourth-order valence-electron chi connectivity index (χ4n) is 1.08. The van der Waals surface area contributed by atoms with Crippen LogP contribution in [0.2, 0.25) is 0 Å². The van der Waals surface area contributed by atoms with Crippen LogP contribution in [0.3, 0.4) is 0 Å². The van der Waals surface area contributed by atoms with Crippen LogP contribution in [-0.4, -0.2) is 0 Å². The predicted molar refractivity (Wildman–Crippen MR) is 57.9 cm³/mol. The van der Waals surface area contributed by atoms with E-state index in [9.17, 15) is 0 Å². The number of hydrogen-bond donors (Lipinski definition) is 0. The van der Waals surface area contributed by atoms with Gasteiger partial charge in [0.25, 0.3) is 0 Å². The van der Waals surface area contributed by atoms with Crippen LogP contribution < -0.4 is 0 Å². The quantitative estimate of drug-likeness (QED) is 0.663. The van der Waals surface area contributed by atoms with E-state index in [-0.39, 0.29) is 0 Å². The predicted octanol–water partition coefficient (Wildman–Crippen LogP) is 3.65. The Hall–Kier alpha value is -1.20. The summed E-state index contributed by atoms with van der Waals surface area (Å²) >= 11 is 1.22. The van der Waals surface area contributed by atoms with Crippen LogP contribution in [0.5, 0.6) is 0 Å². The van der Waals surface area contributed by atoms with Crippen LogP contribution in [0.4, 0.5) is 0 Å². The second-order valence-electron chi connectivity index (χ2n) is 2.89. The van der Waals surface area contributed by atoms with E-state index in [2.05, 4.69) is 5.40 Å². The Morgan fingerprint density at radius 2 is 1.85 bits per heavy atom. The summed E-state index contributed by atoms with van der Waals surface area (Å²) in [6.45, 7) is 4.04. The molecule has 0 aliphatic heterocycles. The lowest BCUT2D eigenvalue weighted by molar-refractivity contribution is 1.41. The van der Waals surface area contributed by atoms with Gasteiger partial charge in [0, 0.05) is 4.91 Å². The van der Waals surface area contributed by atoms with Crippen molar-refractivity contribution in [2.24, 2.45) is 0 Å². The van der Waals surface area contributed by atoms with Gasteiger partial charge in [-0.2, -0.15) is 5.26 Å². The van der Waals surface area contributed by atoms with Crippen molar-refractivity contribution in [2.45, 2.75) is 13.8 Å². The van der Waals surface area contributed by atoms with E-state index in [0.717, 1.165) is 10.5 Å². The molecule has 66 valence electrons. The summed E-state index contributed by atoms with van der Waals surface area (Å²) in [5.74, 6) is 0. The molecule has 0 atom stereocenters. The molecule has 1 aromatic rings. The minimum atomic E-state index is 1.06. The molecule has 2 heteroatoms.